The molecule has 0 radical (unpaired) electrons. The van der Waals surface area contributed by atoms with Gasteiger partial charge in [-0.25, -0.2) is 23.1 Å². The van der Waals surface area contributed by atoms with E-state index in [0.29, 0.717) is 17.5 Å². The summed E-state index contributed by atoms with van der Waals surface area (Å²) in [4.78, 5) is 20.2. The zero-order valence-corrected chi connectivity index (χ0v) is 16.0. The normalized spacial score (nSPS) is 11.6. The zero-order chi connectivity index (χ0) is 19.9. The molecular weight excluding hydrogens is 375 g/mol. The molecule has 0 saturated carbocycles. The fourth-order valence-corrected chi connectivity index (χ4v) is 3.25. The van der Waals surface area contributed by atoms with E-state index < -0.39 is 18.2 Å². The summed E-state index contributed by atoms with van der Waals surface area (Å²) in [6.07, 6.45) is 3.05. The minimum atomic E-state index is -3.09. The van der Waals surface area contributed by atoms with E-state index >= 15 is 0 Å². The maximum atomic E-state index is 14.2. The fraction of sp³-hybridized carbons (Fsp3) is 0.421. The van der Waals surface area contributed by atoms with Crippen molar-refractivity contribution < 1.29 is 18.0 Å². The van der Waals surface area contributed by atoms with Crippen LogP contribution in [0.5, 0.6) is 0 Å². The van der Waals surface area contributed by atoms with Gasteiger partial charge >= 0.3 is 0 Å². The third-order valence-electron chi connectivity index (χ3n) is 3.85. The number of rotatable bonds is 9. The smallest absolute Gasteiger partial charge is 0.274 e. The Bertz CT molecular complexity index is 754. The third-order valence-corrected chi connectivity index (χ3v) is 4.86. The molecule has 1 aromatic carbocycles. The fourth-order valence-electron chi connectivity index (χ4n) is 2.27. The molecule has 0 aliphatic heterocycles. The van der Waals surface area contributed by atoms with Crippen molar-refractivity contribution >= 4 is 17.7 Å². The van der Waals surface area contributed by atoms with E-state index in [0.717, 1.165) is 42.4 Å². The molecule has 0 atom stereocenters. The van der Waals surface area contributed by atoms with E-state index in [1.807, 2.05) is 0 Å². The quantitative estimate of drug-likeness (QED) is 0.494. The summed E-state index contributed by atoms with van der Waals surface area (Å²) < 4.78 is 41.4. The zero-order valence-electron chi connectivity index (χ0n) is 15.2. The molecule has 2 aromatic rings. The topological polar surface area (TPSA) is 54.9 Å². The molecule has 0 aliphatic carbocycles. The molecule has 0 spiro atoms. The minimum Gasteiger partial charge on any atom is -0.352 e. The van der Waals surface area contributed by atoms with Crippen molar-refractivity contribution in [2.75, 3.05) is 12.3 Å². The average Bonchev–Trinajstić information content (AvgIpc) is 2.62. The Hall–Kier alpha value is -2.09. The van der Waals surface area contributed by atoms with Gasteiger partial charge in [-0.05, 0) is 24.5 Å². The number of amides is 1. The molecule has 1 amide bonds. The summed E-state index contributed by atoms with van der Waals surface area (Å²) in [5.41, 5.74) is 0.0372. The van der Waals surface area contributed by atoms with Gasteiger partial charge in [0.05, 0.1) is 5.56 Å². The van der Waals surface area contributed by atoms with Gasteiger partial charge in [0.2, 0.25) is 0 Å². The van der Waals surface area contributed by atoms with Crippen LogP contribution in [-0.4, -0.2) is 28.2 Å². The molecule has 2 rings (SSSR count). The van der Waals surface area contributed by atoms with Gasteiger partial charge in [-0.15, -0.1) is 11.8 Å². The monoisotopic (exact) mass is 397 g/mol. The van der Waals surface area contributed by atoms with Crippen molar-refractivity contribution in [1.29, 1.82) is 0 Å². The van der Waals surface area contributed by atoms with E-state index in [1.165, 1.54) is 12.5 Å². The Balaban J connectivity index is 1.95. The number of halogens is 3. The lowest BCUT2D eigenvalue weighted by atomic mass is 10.1. The summed E-state index contributed by atoms with van der Waals surface area (Å²) >= 11 is 1.07. The second kappa shape index (κ2) is 9.73. The van der Waals surface area contributed by atoms with Gasteiger partial charge in [-0.3, -0.25) is 4.79 Å². The first-order valence-corrected chi connectivity index (χ1v) is 9.63. The summed E-state index contributed by atoms with van der Waals surface area (Å²) in [6, 6.07) is 4.19. The Kier molecular flexibility index (Phi) is 7.65. The summed E-state index contributed by atoms with van der Waals surface area (Å²) in [5.74, 6) is -3.46. The molecule has 0 aliphatic rings. The molecule has 1 heterocycles. The molecule has 8 heteroatoms. The molecule has 0 bridgehead atoms. The van der Waals surface area contributed by atoms with Gasteiger partial charge in [0.15, 0.2) is 0 Å². The predicted octanol–water partition coefficient (Wildman–Crippen LogP) is 4.67. The van der Waals surface area contributed by atoms with E-state index in [9.17, 15) is 18.0 Å². The van der Waals surface area contributed by atoms with Crippen molar-refractivity contribution in [1.82, 2.24) is 15.3 Å². The van der Waals surface area contributed by atoms with Crippen LogP contribution in [0, 0.1) is 11.7 Å². The van der Waals surface area contributed by atoms with Crippen molar-refractivity contribution in [2.45, 2.75) is 37.6 Å². The molecule has 0 saturated heterocycles. The van der Waals surface area contributed by atoms with E-state index in [1.54, 1.807) is 0 Å². The molecule has 27 heavy (non-hydrogen) atoms. The highest BCUT2D eigenvalue weighted by molar-refractivity contribution is 7.99. The largest absolute Gasteiger partial charge is 0.352 e. The number of carbonyl (C=O) groups excluding carboxylic acids is 1. The van der Waals surface area contributed by atoms with Crippen molar-refractivity contribution in [3.8, 4) is 0 Å². The molecule has 0 unspecified atom stereocenters. The lowest BCUT2D eigenvalue weighted by Crippen LogP contribution is -2.26. The van der Waals surface area contributed by atoms with Crippen LogP contribution in [0.15, 0.2) is 41.8 Å². The molecule has 1 aromatic heterocycles. The van der Waals surface area contributed by atoms with Crippen LogP contribution in [0.4, 0.5) is 13.2 Å². The molecule has 0 fully saturated rings. The maximum absolute atomic E-state index is 14.2. The van der Waals surface area contributed by atoms with E-state index in [-0.39, 0.29) is 22.8 Å². The van der Waals surface area contributed by atoms with Gasteiger partial charge in [-0.1, -0.05) is 26.0 Å². The highest BCUT2D eigenvalue weighted by atomic mass is 32.2. The number of thioether (sulfide) groups is 1. The lowest BCUT2D eigenvalue weighted by Gasteiger charge is -2.16. The number of carbonyl (C=O) groups is 1. The van der Waals surface area contributed by atoms with Crippen molar-refractivity contribution in [3.63, 3.8) is 0 Å². The van der Waals surface area contributed by atoms with Crippen LogP contribution < -0.4 is 5.32 Å². The lowest BCUT2D eigenvalue weighted by molar-refractivity contribution is -0.00707. The van der Waals surface area contributed by atoms with Gasteiger partial charge in [-0.2, -0.15) is 0 Å². The first-order chi connectivity index (χ1) is 12.8. The van der Waals surface area contributed by atoms with E-state index in [2.05, 4.69) is 29.1 Å². The van der Waals surface area contributed by atoms with Gasteiger partial charge in [0, 0.05) is 30.5 Å². The van der Waals surface area contributed by atoms with Gasteiger partial charge in [0.25, 0.3) is 11.8 Å². The summed E-state index contributed by atoms with van der Waals surface area (Å²) in [6.45, 7) is 4.64. The maximum Gasteiger partial charge on any atom is 0.274 e. The number of hydrogen-bond donors (Lipinski definition) is 1. The number of hydrogen-bond acceptors (Lipinski definition) is 4. The molecule has 4 nitrogen and oxygen atoms in total. The highest BCUT2D eigenvalue weighted by Gasteiger charge is 2.31. The number of nitrogens with zero attached hydrogens (tertiary/aromatic N) is 2. The molecule has 146 valence electrons. The Morgan fingerprint density at radius 1 is 1.26 bits per heavy atom. The number of aromatic nitrogens is 2. The number of benzene rings is 1. The molecular formula is C19H22F3N3OS. The van der Waals surface area contributed by atoms with Crippen LogP contribution in [0.3, 0.4) is 0 Å². The first kappa shape index (κ1) is 21.2. The van der Waals surface area contributed by atoms with Crippen LogP contribution in [0.1, 0.15) is 42.6 Å². The molecule has 1 N–H and O–H groups in total. The van der Waals surface area contributed by atoms with Crippen molar-refractivity contribution in [3.05, 3.63) is 53.7 Å². The predicted molar refractivity (Wildman–Crippen MR) is 99.5 cm³/mol. The van der Waals surface area contributed by atoms with E-state index in [4.69, 9.17) is 0 Å². The van der Waals surface area contributed by atoms with Crippen LogP contribution in [0.25, 0.3) is 0 Å². The van der Waals surface area contributed by atoms with Gasteiger partial charge in [0.1, 0.15) is 17.2 Å². The Labute approximate surface area is 161 Å². The standard InChI is InChI=1S/C19H22F3N3OS/c1-13(2)7-9-24-17(26)16-11-23-12-25-18(16)27-10-8-19(21,22)14-3-5-15(20)6-4-14/h3-6,11-13H,7-10H2,1-2H3,(H,24,26). The van der Waals surface area contributed by atoms with Crippen LogP contribution >= 0.6 is 11.8 Å². The Morgan fingerprint density at radius 3 is 2.63 bits per heavy atom. The number of alkyl halides is 2. The summed E-state index contributed by atoms with van der Waals surface area (Å²) in [5, 5.41) is 3.16. The first-order valence-electron chi connectivity index (χ1n) is 8.64. The van der Waals surface area contributed by atoms with Crippen molar-refractivity contribution in [2.24, 2.45) is 5.92 Å². The highest BCUT2D eigenvalue weighted by Crippen LogP contribution is 2.34. The summed E-state index contributed by atoms with van der Waals surface area (Å²) in [7, 11) is 0. The second-order valence-corrected chi connectivity index (χ2v) is 7.57. The third kappa shape index (κ3) is 6.53. The van der Waals surface area contributed by atoms with Gasteiger partial charge < -0.3 is 5.32 Å². The number of nitrogens with one attached hydrogen (secondary N) is 1. The Morgan fingerprint density at radius 2 is 1.96 bits per heavy atom. The average molecular weight is 397 g/mol. The van der Waals surface area contributed by atoms with Crippen LogP contribution in [0.2, 0.25) is 0 Å². The van der Waals surface area contributed by atoms with Crippen LogP contribution in [-0.2, 0) is 5.92 Å². The second-order valence-electron chi connectivity index (χ2n) is 6.49. The minimum absolute atomic E-state index is 0.0493. The SMILES string of the molecule is CC(C)CCNC(=O)c1cncnc1SCCC(F)(F)c1ccc(F)cc1.